The van der Waals surface area contributed by atoms with Crippen molar-refractivity contribution in [3.63, 3.8) is 0 Å². The first kappa shape index (κ1) is 17.0. The number of unbranched alkanes of at least 4 members (excludes halogenated alkanes) is 6. The molecule has 0 aliphatic carbocycles. The second-order valence-electron chi connectivity index (χ2n) is 5.42. The van der Waals surface area contributed by atoms with Gasteiger partial charge in [-0.3, -0.25) is 0 Å². The zero-order valence-electron chi connectivity index (χ0n) is 12.9. The molecule has 0 atom stereocenters. The summed E-state index contributed by atoms with van der Waals surface area (Å²) in [5, 5.41) is 0. The normalized spacial score (nSPS) is 10.5. The number of benzene rings is 1. The van der Waals surface area contributed by atoms with Crippen LogP contribution in [0.4, 0.5) is 5.69 Å². The maximum absolute atomic E-state index is 5.78. The quantitative estimate of drug-likeness (QED) is 0.508. The molecule has 0 saturated carbocycles. The Balaban J connectivity index is 2.32. The van der Waals surface area contributed by atoms with Gasteiger partial charge in [0, 0.05) is 24.8 Å². The summed E-state index contributed by atoms with van der Waals surface area (Å²) in [5.74, 6) is 0. The van der Waals surface area contributed by atoms with Crippen LogP contribution in [0.5, 0.6) is 0 Å². The summed E-state index contributed by atoms with van der Waals surface area (Å²) >= 11 is 5.11. The van der Waals surface area contributed by atoms with E-state index in [1.165, 1.54) is 44.9 Å². The van der Waals surface area contributed by atoms with E-state index < -0.39 is 0 Å². The van der Waals surface area contributed by atoms with E-state index in [2.05, 4.69) is 24.9 Å². The number of rotatable bonds is 10. The predicted molar refractivity (Wildman–Crippen MR) is 93.6 cm³/mol. The molecule has 1 aromatic carbocycles. The Hall–Kier alpha value is -1.09. The van der Waals surface area contributed by atoms with Crippen LogP contribution in [0, 0.1) is 0 Å². The highest BCUT2D eigenvalue weighted by atomic mass is 32.1. The molecule has 0 aliphatic heterocycles. The summed E-state index contributed by atoms with van der Waals surface area (Å²) in [4.78, 5) is 2.74. The molecule has 112 valence electrons. The molecule has 2 N–H and O–H groups in total. The summed E-state index contributed by atoms with van der Waals surface area (Å²) < 4.78 is 0. The zero-order chi connectivity index (χ0) is 14.8. The van der Waals surface area contributed by atoms with E-state index in [9.17, 15) is 0 Å². The number of para-hydroxylation sites is 1. The third-order valence-corrected chi connectivity index (χ3v) is 3.90. The van der Waals surface area contributed by atoms with Crippen LogP contribution in [-0.4, -0.2) is 18.6 Å². The van der Waals surface area contributed by atoms with Gasteiger partial charge in [-0.1, -0.05) is 69.8 Å². The minimum atomic E-state index is 0.479. The Bertz CT molecular complexity index is 404. The van der Waals surface area contributed by atoms with Crippen molar-refractivity contribution in [3.05, 3.63) is 29.8 Å². The van der Waals surface area contributed by atoms with Crippen molar-refractivity contribution in [2.45, 2.75) is 51.9 Å². The van der Waals surface area contributed by atoms with E-state index in [-0.39, 0.29) is 0 Å². The number of nitrogens with zero attached hydrogens (tertiary/aromatic N) is 1. The van der Waals surface area contributed by atoms with Crippen LogP contribution in [0.15, 0.2) is 24.3 Å². The molecular formula is C17H28N2S. The van der Waals surface area contributed by atoms with E-state index >= 15 is 0 Å². The lowest BCUT2D eigenvalue weighted by Crippen LogP contribution is -2.22. The fourth-order valence-corrected chi connectivity index (χ4v) is 2.61. The molecule has 2 nitrogen and oxygen atoms in total. The van der Waals surface area contributed by atoms with Crippen LogP contribution >= 0.6 is 12.2 Å². The van der Waals surface area contributed by atoms with E-state index in [4.69, 9.17) is 18.0 Å². The van der Waals surface area contributed by atoms with E-state index in [1.807, 2.05) is 18.2 Å². The summed E-state index contributed by atoms with van der Waals surface area (Å²) in [6.07, 6.45) is 9.35. The van der Waals surface area contributed by atoms with Crippen molar-refractivity contribution >= 4 is 22.9 Å². The Kier molecular flexibility index (Phi) is 8.28. The topological polar surface area (TPSA) is 29.3 Å². The lowest BCUT2D eigenvalue weighted by molar-refractivity contribution is 0.588. The van der Waals surface area contributed by atoms with Gasteiger partial charge in [0.1, 0.15) is 4.99 Å². The summed E-state index contributed by atoms with van der Waals surface area (Å²) in [6.45, 7) is 3.32. The van der Waals surface area contributed by atoms with Gasteiger partial charge in [-0.15, -0.1) is 0 Å². The van der Waals surface area contributed by atoms with Gasteiger partial charge in [-0.2, -0.15) is 0 Å². The van der Waals surface area contributed by atoms with Gasteiger partial charge >= 0.3 is 0 Å². The van der Waals surface area contributed by atoms with Crippen molar-refractivity contribution in [3.8, 4) is 0 Å². The summed E-state index contributed by atoms with van der Waals surface area (Å²) in [6, 6.07) is 8.12. The van der Waals surface area contributed by atoms with Crippen LogP contribution in [0.2, 0.25) is 0 Å². The molecule has 0 spiro atoms. The zero-order valence-corrected chi connectivity index (χ0v) is 13.7. The molecule has 1 aromatic rings. The van der Waals surface area contributed by atoms with Gasteiger partial charge < -0.3 is 10.6 Å². The van der Waals surface area contributed by atoms with Crippen molar-refractivity contribution < 1.29 is 0 Å². The summed E-state index contributed by atoms with van der Waals surface area (Å²) in [5.41, 5.74) is 7.90. The van der Waals surface area contributed by atoms with Crippen LogP contribution in [0.3, 0.4) is 0 Å². The molecule has 0 heterocycles. The maximum Gasteiger partial charge on any atom is 0.106 e. The van der Waals surface area contributed by atoms with Gasteiger partial charge in [-0.05, 0) is 18.6 Å². The molecule has 0 unspecified atom stereocenters. The minimum Gasteiger partial charge on any atom is -0.389 e. The van der Waals surface area contributed by atoms with Crippen molar-refractivity contribution in [2.24, 2.45) is 5.73 Å². The molecule has 0 saturated heterocycles. The minimum absolute atomic E-state index is 0.479. The molecule has 0 radical (unpaired) electrons. The number of hydrogen-bond acceptors (Lipinski definition) is 2. The SMILES string of the molecule is CCCCCCCCCN(C)c1ccccc1C(N)=S. The van der Waals surface area contributed by atoms with E-state index in [0.717, 1.165) is 17.8 Å². The van der Waals surface area contributed by atoms with Crippen LogP contribution < -0.4 is 10.6 Å². The monoisotopic (exact) mass is 292 g/mol. The average Bonchev–Trinajstić information content (AvgIpc) is 2.46. The average molecular weight is 292 g/mol. The van der Waals surface area contributed by atoms with Crippen molar-refractivity contribution in [1.82, 2.24) is 0 Å². The highest BCUT2D eigenvalue weighted by Crippen LogP contribution is 2.19. The number of hydrogen-bond donors (Lipinski definition) is 1. The lowest BCUT2D eigenvalue weighted by Gasteiger charge is -2.22. The summed E-state index contributed by atoms with van der Waals surface area (Å²) in [7, 11) is 2.12. The molecule has 0 amide bonds. The fourth-order valence-electron chi connectivity index (χ4n) is 2.44. The molecule has 20 heavy (non-hydrogen) atoms. The Morgan fingerprint density at radius 2 is 1.65 bits per heavy atom. The lowest BCUT2D eigenvalue weighted by atomic mass is 10.1. The largest absolute Gasteiger partial charge is 0.389 e. The van der Waals surface area contributed by atoms with Crippen molar-refractivity contribution in [2.75, 3.05) is 18.5 Å². The Labute approximate surface area is 129 Å². The molecule has 0 aliphatic rings. The van der Waals surface area contributed by atoms with Gasteiger partial charge in [0.2, 0.25) is 0 Å². The third kappa shape index (κ3) is 5.91. The highest BCUT2D eigenvalue weighted by molar-refractivity contribution is 7.80. The molecule has 0 fully saturated rings. The van der Waals surface area contributed by atoms with Crippen LogP contribution in [-0.2, 0) is 0 Å². The third-order valence-electron chi connectivity index (χ3n) is 3.68. The Morgan fingerprint density at radius 1 is 1.05 bits per heavy atom. The number of nitrogens with two attached hydrogens (primary N) is 1. The second-order valence-corrected chi connectivity index (χ2v) is 5.86. The van der Waals surface area contributed by atoms with Gasteiger partial charge in [0.25, 0.3) is 0 Å². The van der Waals surface area contributed by atoms with Crippen LogP contribution in [0.1, 0.15) is 57.4 Å². The smallest absolute Gasteiger partial charge is 0.106 e. The van der Waals surface area contributed by atoms with Crippen LogP contribution in [0.25, 0.3) is 0 Å². The second kappa shape index (κ2) is 9.76. The van der Waals surface area contributed by atoms with E-state index in [0.29, 0.717) is 4.99 Å². The molecule has 0 aromatic heterocycles. The molecular weight excluding hydrogens is 264 g/mol. The first-order valence-electron chi connectivity index (χ1n) is 7.76. The van der Waals surface area contributed by atoms with Gasteiger partial charge in [-0.25, -0.2) is 0 Å². The predicted octanol–water partition coefficient (Wildman–Crippen LogP) is 4.51. The fraction of sp³-hybridized carbons (Fsp3) is 0.588. The molecule has 3 heteroatoms. The molecule has 1 rings (SSSR count). The highest BCUT2D eigenvalue weighted by Gasteiger charge is 2.08. The first-order valence-corrected chi connectivity index (χ1v) is 8.17. The maximum atomic E-state index is 5.78. The first-order chi connectivity index (χ1) is 9.66. The number of anilines is 1. The standard InChI is InChI=1S/C17H28N2S/c1-3-4-5-6-7-8-11-14-19(2)16-13-10-9-12-15(16)17(18)20/h9-10,12-13H,3-8,11,14H2,1-2H3,(H2,18,20). The molecule has 0 bridgehead atoms. The number of thiocarbonyl (C=S) groups is 1. The van der Waals surface area contributed by atoms with Gasteiger partial charge in [0.05, 0.1) is 0 Å². The van der Waals surface area contributed by atoms with Gasteiger partial charge in [0.15, 0.2) is 0 Å². The van der Waals surface area contributed by atoms with Crippen molar-refractivity contribution in [1.29, 1.82) is 0 Å². The Morgan fingerprint density at radius 3 is 2.30 bits per heavy atom. The van der Waals surface area contributed by atoms with E-state index in [1.54, 1.807) is 0 Å².